The summed E-state index contributed by atoms with van der Waals surface area (Å²) in [5, 5.41) is 2.42. The largest absolute Gasteiger partial charge is 0.480 e. The Morgan fingerprint density at radius 2 is 1.88 bits per heavy atom. The topological polar surface area (TPSA) is 64.6 Å². The third kappa shape index (κ3) is 5.72. The smallest absolute Gasteiger partial charge is 0.344 e. The van der Waals surface area contributed by atoms with Gasteiger partial charge in [-0.3, -0.25) is 4.79 Å². The van der Waals surface area contributed by atoms with Crippen LogP contribution in [0.15, 0.2) is 42.5 Å². The third-order valence-electron chi connectivity index (χ3n) is 3.01. The highest BCUT2D eigenvalue weighted by Crippen LogP contribution is 2.24. The van der Waals surface area contributed by atoms with Crippen molar-refractivity contribution in [1.29, 1.82) is 0 Å². The molecular formula is C17H14ClF2NO4. The van der Waals surface area contributed by atoms with E-state index in [1.54, 1.807) is 0 Å². The van der Waals surface area contributed by atoms with Crippen molar-refractivity contribution in [3.8, 4) is 5.75 Å². The monoisotopic (exact) mass is 369 g/mol. The molecule has 2 aromatic carbocycles. The molecule has 5 nitrogen and oxygen atoms in total. The van der Waals surface area contributed by atoms with Gasteiger partial charge in [0.1, 0.15) is 17.4 Å². The number of halogens is 3. The number of carbonyl (C=O) groups is 2. The van der Waals surface area contributed by atoms with E-state index in [2.05, 4.69) is 5.32 Å². The minimum absolute atomic E-state index is 0.00435. The summed E-state index contributed by atoms with van der Waals surface area (Å²) >= 11 is 5.76. The molecule has 2 rings (SSSR count). The summed E-state index contributed by atoms with van der Waals surface area (Å²) in [7, 11) is 0. The van der Waals surface area contributed by atoms with Gasteiger partial charge in [0.15, 0.2) is 12.7 Å². The van der Waals surface area contributed by atoms with Gasteiger partial charge in [0.05, 0.1) is 5.02 Å². The van der Waals surface area contributed by atoms with Crippen LogP contribution >= 0.6 is 11.6 Å². The molecule has 0 saturated carbocycles. The highest BCUT2D eigenvalue weighted by atomic mass is 35.5. The maximum absolute atomic E-state index is 13.1. The summed E-state index contributed by atoms with van der Waals surface area (Å²) in [6.45, 7) is 0.848. The molecule has 1 amide bonds. The highest BCUT2D eigenvalue weighted by Gasteiger charge is 2.19. The van der Waals surface area contributed by atoms with E-state index < -0.39 is 36.2 Å². The van der Waals surface area contributed by atoms with Gasteiger partial charge in [0.2, 0.25) is 0 Å². The van der Waals surface area contributed by atoms with Gasteiger partial charge < -0.3 is 14.8 Å². The Labute approximate surface area is 147 Å². The molecule has 25 heavy (non-hydrogen) atoms. The quantitative estimate of drug-likeness (QED) is 0.791. The number of nitrogens with one attached hydrogen (secondary N) is 1. The molecule has 132 valence electrons. The van der Waals surface area contributed by atoms with Crippen LogP contribution in [-0.2, 0) is 14.3 Å². The molecule has 0 heterocycles. The number of hydrogen-bond acceptors (Lipinski definition) is 4. The van der Waals surface area contributed by atoms with Crippen LogP contribution in [0.1, 0.15) is 6.92 Å². The van der Waals surface area contributed by atoms with Gasteiger partial charge in [0, 0.05) is 5.69 Å². The number of anilines is 1. The van der Waals surface area contributed by atoms with Gasteiger partial charge in [-0.05, 0) is 43.3 Å². The molecule has 0 aromatic heterocycles. The SMILES string of the molecule is C[C@H](OC(=O)COc1ccc(F)cc1Cl)C(=O)Nc1cccc(F)c1. The summed E-state index contributed by atoms with van der Waals surface area (Å²) in [6, 6.07) is 8.73. The zero-order chi connectivity index (χ0) is 18.4. The van der Waals surface area contributed by atoms with E-state index in [0.29, 0.717) is 0 Å². The number of hydrogen-bond donors (Lipinski definition) is 1. The molecule has 0 aliphatic heterocycles. The molecule has 0 aliphatic rings. The maximum atomic E-state index is 13.1. The molecule has 0 saturated heterocycles. The van der Waals surface area contributed by atoms with E-state index in [4.69, 9.17) is 21.1 Å². The lowest BCUT2D eigenvalue weighted by Gasteiger charge is -2.14. The van der Waals surface area contributed by atoms with E-state index in [0.717, 1.165) is 18.2 Å². The van der Waals surface area contributed by atoms with Crippen molar-refractivity contribution in [2.24, 2.45) is 0 Å². The molecule has 0 unspecified atom stereocenters. The van der Waals surface area contributed by atoms with Crippen LogP contribution in [0.3, 0.4) is 0 Å². The zero-order valence-corrected chi connectivity index (χ0v) is 13.8. The third-order valence-corrected chi connectivity index (χ3v) is 3.30. The van der Waals surface area contributed by atoms with Crippen LogP contribution in [0.4, 0.5) is 14.5 Å². The molecule has 0 spiro atoms. The summed E-state index contributed by atoms with van der Waals surface area (Å²) in [5.41, 5.74) is 0.238. The van der Waals surface area contributed by atoms with Crippen LogP contribution < -0.4 is 10.1 Å². The zero-order valence-electron chi connectivity index (χ0n) is 13.1. The van der Waals surface area contributed by atoms with Crippen molar-refractivity contribution in [1.82, 2.24) is 0 Å². The average molecular weight is 370 g/mol. The van der Waals surface area contributed by atoms with Crippen LogP contribution in [0.2, 0.25) is 5.02 Å². The molecule has 1 atom stereocenters. The van der Waals surface area contributed by atoms with E-state index in [9.17, 15) is 18.4 Å². The van der Waals surface area contributed by atoms with E-state index in [-0.39, 0.29) is 16.5 Å². The number of carbonyl (C=O) groups excluding carboxylic acids is 2. The van der Waals surface area contributed by atoms with Crippen LogP contribution in [0, 0.1) is 11.6 Å². The second-order valence-electron chi connectivity index (χ2n) is 5.00. The maximum Gasteiger partial charge on any atom is 0.344 e. The Kier molecular flexibility index (Phi) is 6.30. The molecule has 0 radical (unpaired) electrons. The first-order valence-corrected chi connectivity index (χ1v) is 7.56. The Balaban J connectivity index is 1.83. The molecule has 8 heteroatoms. The predicted octanol–water partition coefficient (Wildman–Crippen LogP) is 3.57. The molecule has 0 bridgehead atoms. The molecule has 2 aromatic rings. The number of amides is 1. The normalized spacial score (nSPS) is 11.5. The van der Waals surface area contributed by atoms with Gasteiger partial charge in [-0.25, -0.2) is 13.6 Å². The first-order valence-electron chi connectivity index (χ1n) is 7.19. The first-order chi connectivity index (χ1) is 11.8. The molecular weight excluding hydrogens is 356 g/mol. The van der Waals surface area contributed by atoms with Crippen molar-refractivity contribution in [2.45, 2.75) is 13.0 Å². The Hall–Kier alpha value is -2.67. The van der Waals surface area contributed by atoms with Crippen LogP contribution in [0.5, 0.6) is 5.75 Å². The van der Waals surface area contributed by atoms with Crippen LogP contribution in [0.25, 0.3) is 0 Å². The lowest BCUT2D eigenvalue weighted by atomic mass is 10.3. The van der Waals surface area contributed by atoms with Crippen molar-refractivity contribution in [3.63, 3.8) is 0 Å². The number of benzene rings is 2. The average Bonchev–Trinajstić information content (AvgIpc) is 2.54. The Bertz CT molecular complexity index is 785. The fourth-order valence-corrected chi connectivity index (χ4v) is 2.05. The fraction of sp³-hybridized carbons (Fsp3) is 0.176. The van der Waals surface area contributed by atoms with Gasteiger partial charge >= 0.3 is 5.97 Å². The standard InChI is InChI=1S/C17H14ClF2NO4/c1-10(17(23)21-13-4-2-3-11(19)7-13)25-16(22)9-24-15-6-5-12(20)8-14(15)18/h2-8,10H,9H2,1H3,(H,21,23)/t10-/m0/s1. The number of esters is 1. The lowest BCUT2D eigenvalue weighted by Crippen LogP contribution is -2.31. The van der Waals surface area contributed by atoms with Crippen molar-refractivity contribution in [2.75, 3.05) is 11.9 Å². The van der Waals surface area contributed by atoms with Gasteiger partial charge in [-0.1, -0.05) is 17.7 Å². The van der Waals surface area contributed by atoms with Gasteiger partial charge in [0.25, 0.3) is 5.91 Å². The summed E-state index contributed by atoms with van der Waals surface area (Å²) in [6.07, 6.45) is -1.12. The minimum Gasteiger partial charge on any atom is -0.480 e. The van der Waals surface area contributed by atoms with E-state index >= 15 is 0 Å². The number of ether oxygens (including phenoxy) is 2. The minimum atomic E-state index is -1.12. The van der Waals surface area contributed by atoms with E-state index in [1.807, 2.05) is 0 Å². The van der Waals surface area contributed by atoms with Gasteiger partial charge in [-0.2, -0.15) is 0 Å². The predicted molar refractivity (Wildman–Crippen MR) is 87.5 cm³/mol. The lowest BCUT2D eigenvalue weighted by molar-refractivity contribution is -0.155. The molecule has 0 aliphatic carbocycles. The molecule has 1 N–H and O–H groups in total. The van der Waals surface area contributed by atoms with Crippen molar-refractivity contribution in [3.05, 3.63) is 59.1 Å². The summed E-state index contributed by atoms with van der Waals surface area (Å²) in [4.78, 5) is 23.6. The first kappa shape index (κ1) is 18.7. The van der Waals surface area contributed by atoms with Gasteiger partial charge in [-0.15, -0.1) is 0 Å². The summed E-state index contributed by atoms with van der Waals surface area (Å²) < 4.78 is 36.0. The fourth-order valence-electron chi connectivity index (χ4n) is 1.82. The number of rotatable bonds is 6. The second-order valence-corrected chi connectivity index (χ2v) is 5.40. The van der Waals surface area contributed by atoms with Crippen LogP contribution in [-0.4, -0.2) is 24.6 Å². The second kappa shape index (κ2) is 8.43. The van der Waals surface area contributed by atoms with E-state index in [1.165, 1.54) is 31.2 Å². The van der Waals surface area contributed by atoms with Crippen molar-refractivity contribution >= 4 is 29.2 Å². The van der Waals surface area contributed by atoms with Crippen molar-refractivity contribution < 1.29 is 27.8 Å². The Morgan fingerprint density at radius 3 is 2.56 bits per heavy atom. The Morgan fingerprint density at radius 1 is 1.16 bits per heavy atom. The summed E-state index contributed by atoms with van der Waals surface area (Å²) in [5.74, 6) is -2.38. The highest BCUT2D eigenvalue weighted by molar-refractivity contribution is 6.32. The molecule has 0 fully saturated rings.